The highest BCUT2D eigenvalue weighted by atomic mass is 16.6. The quantitative estimate of drug-likeness (QED) is 0.751. The molecule has 0 aliphatic rings. The number of benzene rings is 1. The van der Waals surface area contributed by atoms with E-state index in [0.717, 1.165) is 5.56 Å². The van der Waals surface area contributed by atoms with E-state index in [-0.39, 0.29) is 13.2 Å². The minimum atomic E-state index is -0.501. The number of hydrogen-bond acceptors (Lipinski definition) is 5. The first-order valence-electron chi connectivity index (χ1n) is 7.67. The van der Waals surface area contributed by atoms with Gasteiger partial charge in [-0.15, -0.1) is 5.10 Å². The Bertz CT molecular complexity index is 804. The van der Waals surface area contributed by atoms with Crippen molar-refractivity contribution >= 4 is 17.6 Å². The molecule has 0 aliphatic carbocycles. The summed E-state index contributed by atoms with van der Waals surface area (Å²) in [5.74, 6) is 0.451. The molecule has 3 rings (SSSR count). The van der Waals surface area contributed by atoms with Gasteiger partial charge in [0, 0.05) is 25.5 Å². The van der Waals surface area contributed by atoms with Crippen molar-refractivity contribution in [3.63, 3.8) is 0 Å². The number of carbonyl (C=O) groups excluding carboxylic acids is 1. The van der Waals surface area contributed by atoms with E-state index in [1.807, 2.05) is 30.3 Å². The van der Waals surface area contributed by atoms with E-state index < -0.39 is 6.09 Å². The molecule has 3 aromatic rings. The molecular weight excluding hydrogens is 308 g/mol. The lowest BCUT2D eigenvalue weighted by molar-refractivity contribution is 0.146. The third-order valence-corrected chi connectivity index (χ3v) is 3.48. The average Bonchev–Trinajstić information content (AvgIpc) is 3.09. The molecule has 0 saturated carbocycles. The maximum atomic E-state index is 12.5. The minimum Gasteiger partial charge on any atom is -0.444 e. The zero-order chi connectivity index (χ0) is 16.8. The molecule has 124 valence electrons. The van der Waals surface area contributed by atoms with Gasteiger partial charge >= 0.3 is 6.09 Å². The van der Waals surface area contributed by atoms with Crippen LogP contribution in [0.2, 0.25) is 0 Å². The first kappa shape index (κ1) is 15.9. The van der Waals surface area contributed by atoms with E-state index in [4.69, 9.17) is 9.84 Å². The molecule has 0 atom stereocenters. The summed E-state index contributed by atoms with van der Waals surface area (Å²) >= 11 is 0. The molecule has 0 unspecified atom stereocenters. The van der Waals surface area contributed by atoms with Gasteiger partial charge in [0.1, 0.15) is 6.61 Å². The highest BCUT2D eigenvalue weighted by molar-refractivity contribution is 5.86. The van der Waals surface area contributed by atoms with Crippen LogP contribution in [0.1, 0.15) is 12.0 Å². The second-order valence-corrected chi connectivity index (χ2v) is 5.19. The molecule has 7 heteroatoms. The van der Waals surface area contributed by atoms with E-state index in [1.165, 1.54) is 4.90 Å². The number of carbonyl (C=O) groups is 1. The van der Waals surface area contributed by atoms with Crippen molar-refractivity contribution in [2.24, 2.45) is 0 Å². The molecule has 1 amide bonds. The minimum absolute atomic E-state index is 0.0181. The monoisotopic (exact) mass is 326 g/mol. The average molecular weight is 326 g/mol. The third-order valence-electron chi connectivity index (χ3n) is 3.48. The van der Waals surface area contributed by atoms with E-state index in [9.17, 15) is 4.79 Å². The van der Waals surface area contributed by atoms with Crippen molar-refractivity contribution in [2.75, 3.05) is 18.1 Å². The van der Waals surface area contributed by atoms with Crippen LogP contribution in [0.4, 0.5) is 10.6 Å². The zero-order valence-electron chi connectivity index (χ0n) is 13.1. The molecule has 0 radical (unpaired) electrons. The summed E-state index contributed by atoms with van der Waals surface area (Å²) in [4.78, 5) is 18.0. The molecule has 2 aromatic heterocycles. The molecule has 0 fully saturated rings. The number of amides is 1. The van der Waals surface area contributed by atoms with Crippen LogP contribution in [0.25, 0.3) is 5.65 Å². The van der Waals surface area contributed by atoms with Crippen LogP contribution in [0.3, 0.4) is 0 Å². The summed E-state index contributed by atoms with van der Waals surface area (Å²) in [5.41, 5.74) is 1.60. The molecule has 0 spiro atoms. The first-order valence-corrected chi connectivity index (χ1v) is 7.67. The fraction of sp³-hybridized carbons (Fsp3) is 0.235. The first-order chi connectivity index (χ1) is 11.8. The number of aromatic nitrogens is 3. The lowest BCUT2D eigenvalue weighted by Gasteiger charge is -2.20. The number of hydrogen-bond donors (Lipinski definition) is 1. The molecular formula is C17H18N4O3. The Labute approximate surface area is 139 Å². The molecule has 0 saturated heterocycles. The number of aliphatic hydroxyl groups excluding tert-OH is 1. The summed E-state index contributed by atoms with van der Waals surface area (Å²) in [6.07, 6.45) is 3.28. The highest BCUT2D eigenvalue weighted by Gasteiger charge is 2.19. The van der Waals surface area contributed by atoms with Crippen molar-refractivity contribution in [3.8, 4) is 0 Å². The smallest absolute Gasteiger partial charge is 0.415 e. The Hall–Kier alpha value is -2.93. The predicted octanol–water partition coefficient (Wildman–Crippen LogP) is 2.25. The van der Waals surface area contributed by atoms with Crippen LogP contribution in [-0.4, -0.2) is 38.9 Å². The van der Waals surface area contributed by atoms with Crippen molar-refractivity contribution in [1.82, 2.24) is 14.6 Å². The SMILES string of the molecule is O=C(OCc1ccccc1)N(CCCO)c1ccc2nccn2n1. The number of fused-ring (bicyclic) bond motifs is 1. The maximum absolute atomic E-state index is 12.5. The molecule has 1 aromatic carbocycles. The molecule has 7 nitrogen and oxygen atoms in total. The summed E-state index contributed by atoms with van der Waals surface area (Å²) in [5, 5.41) is 13.4. The van der Waals surface area contributed by atoms with Gasteiger partial charge in [-0.2, -0.15) is 0 Å². The topological polar surface area (TPSA) is 80.0 Å². The van der Waals surface area contributed by atoms with Crippen LogP contribution in [0.5, 0.6) is 0 Å². The summed E-state index contributed by atoms with van der Waals surface area (Å²) in [7, 11) is 0. The maximum Gasteiger partial charge on any atom is 0.415 e. The third kappa shape index (κ3) is 3.69. The van der Waals surface area contributed by atoms with Gasteiger partial charge in [-0.3, -0.25) is 4.90 Å². The van der Waals surface area contributed by atoms with Gasteiger partial charge in [-0.05, 0) is 24.1 Å². The number of aliphatic hydroxyl groups is 1. The Morgan fingerprint density at radius 3 is 2.83 bits per heavy atom. The van der Waals surface area contributed by atoms with Crippen molar-refractivity contribution < 1.29 is 14.6 Å². The van der Waals surface area contributed by atoms with Gasteiger partial charge in [0.2, 0.25) is 0 Å². The van der Waals surface area contributed by atoms with Crippen LogP contribution >= 0.6 is 0 Å². The zero-order valence-corrected chi connectivity index (χ0v) is 13.1. The van der Waals surface area contributed by atoms with Gasteiger partial charge < -0.3 is 9.84 Å². The van der Waals surface area contributed by atoms with Gasteiger partial charge in [-0.1, -0.05) is 30.3 Å². The molecule has 2 heterocycles. The van der Waals surface area contributed by atoms with Crippen LogP contribution in [0, 0.1) is 0 Å². The van der Waals surface area contributed by atoms with Gasteiger partial charge in [0.05, 0.1) is 0 Å². The Morgan fingerprint density at radius 2 is 2.04 bits per heavy atom. The highest BCUT2D eigenvalue weighted by Crippen LogP contribution is 2.14. The Balaban J connectivity index is 1.75. The molecule has 0 bridgehead atoms. The molecule has 1 N–H and O–H groups in total. The number of nitrogens with zero attached hydrogens (tertiary/aromatic N) is 4. The van der Waals surface area contributed by atoms with E-state index >= 15 is 0 Å². The Kier molecular flexibility index (Phi) is 5.02. The standard InChI is InChI=1S/C17H18N4O3/c22-12-4-10-20(16-8-7-15-18-9-11-21(15)19-16)17(23)24-13-14-5-2-1-3-6-14/h1-3,5-9,11,22H,4,10,12-13H2. The molecule has 24 heavy (non-hydrogen) atoms. The van der Waals surface area contributed by atoms with Gasteiger partial charge in [-0.25, -0.2) is 14.3 Å². The lowest BCUT2D eigenvalue weighted by Crippen LogP contribution is -2.34. The fourth-order valence-corrected chi connectivity index (χ4v) is 2.27. The fourth-order valence-electron chi connectivity index (χ4n) is 2.27. The predicted molar refractivity (Wildman–Crippen MR) is 88.7 cm³/mol. The van der Waals surface area contributed by atoms with Crippen molar-refractivity contribution in [2.45, 2.75) is 13.0 Å². The Morgan fingerprint density at radius 1 is 1.21 bits per heavy atom. The number of anilines is 1. The van der Waals surface area contributed by atoms with Crippen LogP contribution < -0.4 is 4.90 Å². The second-order valence-electron chi connectivity index (χ2n) is 5.19. The normalized spacial score (nSPS) is 10.7. The summed E-state index contributed by atoms with van der Waals surface area (Å²) in [6.45, 7) is 0.482. The van der Waals surface area contributed by atoms with Gasteiger partial charge in [0.25, 0.3) is 0 Å². The lowest BCUT2D eigenvalue weighted by atomic mass is 10.2. The van der Waals surface area contributed by atoms with Crippen LogP contribution in [-0.2, 0) is 11.3 Å². The van der Waals surface area contributed by atoms with Crippen LogP contribution in [0.15, 0.2) is 54.9 Å². The summed E-state index contributed by atoms with van der Waals surface area (Å²) in [6, 6.07) is 13.0. The van der Waals surface area contributed by atoms with E-state index in [1.54, 1.807) is 29.0 Å². The molecule has 0 aliphatic heterocycles. The van der Waals surface area contributed by atoms with Gasteiger partial charge in [0.15, 0.2) is 11.5 Å². The number of rotatable bonds is 6. The van der Waals surface area contributed by atoms with Crippen molar-refractivity contribution in [3.05, 3.63) is 60.4 Å². The largest absolute Gasteiger partial charge is 0.444 e. The second kappa shape index (κ2) is 7.56. The summed E-state index contributed by atoms with van der Waals surface area (Å²) < 4.78 is 6.96. The number of imidazole rings is 1. The van der Waals surface area contributed by atoms with E-state index in [2.05, 4.69) is 10.1 Å². The van der Waals surface area contributed by atoms with E-state index in [0.29, 0.717) is 24.4 Å². The number of ether oxygens (including phenoxy) is 1. The van der Waals surface area contributed by atoms with Crippen molar-refractivity contribution in [1.29, 1.82) is 0 Å².